The van der Waals surface area contributed by atoms with E-state index in [0.717, 1.165) is 25.7 Å². The van der Waals surface area contributed by atoms with Gasteiger partial charge in [0.2, 0.25) is 15.7 Å². The molecule has 1 heterocycles. The lowest BCUT2D eigenvalue weighted by molar-refractivity contribution is -0.114. The van der Waals surface area contributed by atoms with Crippen LogP contribution in [0.3, 0.4) is 0 Å². The van der Waals surface area contributed by atoms with Gasteiger partial charge in [-0.3, -0.25) is 4.79 Å². The SMILES string of the molecule is CC(=O)Nc1ccc(S(=O)(=O)C(C#N)c2nc3ccccc3nc2NC2CCCC2)cc1. The minimum absolute atomic E-state index is 0.0278. The highest BCUT2D eigenvalue weighted by atomic mass is 32.2. The molecule has 3 aromatic rings. The third kappa shape index (κ3) is 4.41. The summed E-state index contributed by atoms with van der Waals surface area (Å²) in [6.45, 7) is 1.37. The van der Waals surface area contributed by atoms with Crippen LogP contribution in [0.2, 0.25) is 0 Å². The second kappa shape index (κ2) is 8.93. The predicted molar refractivity (Wildman–Crippen MR) is 122 cm³/mol. The molecule has 1 aliphatic rings. The van der Waals surface area contributed by atoms with Crippen LogP contribution in [0, 0.1) is 11.3 Å². The molecule has 8 nitrogen and oxygen atoms in total. The number of nitrogens with zero attached hydrogens (tertiary/aromatic N) is 3. The molecule has 1 atom stereocenters. The summed E-state index contributed by atoms with van der Waals surface area (Å²) >= 11 is 0. The number of aromatic nitrogens is 2. The second-order valence-electron chi connectivity index (χ2n) is 7.83. The van der Waals surface area contributed by atoms with Crippen LogP contribution >= 0.6 is 0 Å². The molecule has 0 aliphatic heterocycles. The molecule has 9 heteroatoms. The Morgan fingerprint density at radius 1 is 1.06 bits per heavy atom. The molecule has 0 bridgehead atoms. The normalized spacial score (nSPS) is 15.2. The molecule has 32 heavy (non-hydrogen) atoms. The minimum Gasteiger partial charge on any atom is -0.366 e. The number of benzene rings is 2. The van der Waals surface area contributed by atoms with E-state index in [4.69, 9.17) is 0 Å². The fourth-order valence-corrected chi connectivity index (χ4v) is 5.30. The summed E-state index contributed by atoms with van der Waals surface area (Å²) in [4.78, 5) is 20.4. The summed E-state index contributed by atoms with van der Waals surface area (Å²) in [6.07, 6.45) is 4.11. The predicted octanol–water partition coefficient (Wildman–Crippen LogP) is 3.98. The second-order valence-corrected chi connectivity index (χ2v) is 9.86. The summed E-state index contributed by atoms with van der Waals surface area (Å²) in [5.41, 5.74) is 1.73. The number of anilines is 2. The maximum Gasteiger partial charge on any atom is 0.221 e. The number of nitrogens with one attached hydrogen (secondary N) is 2. The van der Waals surface area contributed by atoms with E-state index < -0.39 is 15.1 Å². The van der Waals surface area contributed by atoms with Gasteiger partial charge in [-0.1, -0.05) is 25.0 Å². The lowest BCUT2D eigenvalue weighted by Gasteiger charge is -2.19. The lowest BCUT2D eigenvalue weighted by atomic mass is 10.2. The van der Waals surface area contributed by atoms with E-state index in [0.29, 0.717) is 22.5 Å². The summed E-state index contributed by atoms with van der Waals surface area (Å²) in [6, 6.07) is 15.0. The zero-order valence-corrected chi connectivity index (χ0v) is 18.4. The first-order valence-corrected chi connectivity index (χ1v) is 12.0. The number of carbonyl (C=O) groups excluding carboxylic acids is 1. The Morgan fingerprint density at radius 2 is 1.69 bits per heavy atom. The number of hydrogen-bond acceptors (Lipinski definition) is 7. The molecule has 2 N–H and O–H groups in total. The monoisotopic (exact) mass is 449 g/mol. The fraction of sp³-hybridized carbons (Fsp3) is 0.304. The van der Waals surface area contributed by atoms with Gasteiger partial charge in [-0.2, -0.15) is 5.26 Å². The highest BCUT2D eigenvalue weighted by molar-refractivity contribution is 7.92. The largest absolute Gasteiger partial charge is 0.366 e. The number of carbonyl (C=O) groups is 1. The number of amides is 1. The fourth-order valence-electron chi connectivity index (χ4n) is 3.91. The summed E-state index contributed by atoms with van der Waals surface area (Å²) in [7, 11) is -4.09. The Morgan fingerprint density at radius 3 is 2.28 bits per heavy atom. The van der Waals surface area contributed by atoms with Gasteiger partial charge in [0.1, 0.15) is 5.69 Å². The molecule has 1 fully saturated rings. The van der Waals surface area contributed by atoms with Gasteiger partial charge in [0, 0.05) is 18.7 Å². The van der Waals surface area contributed by atoms with Crippen LogP contribution in [-0.2, 0) is 14.6 Å². The minimum atomic E-state index is -4.09. The van der Waals surface area contributed by atoms with Crippen LogP contribution in [-0.4, -0.2) is 30.3 Å². The summed E-state index contributed by atoms with van der Waals surface area (Å²) in [5.74, 6) is 0.0742. The summed E-state index contributed by atoms with van der Waals surface area (Å²) < 4.78 is 26.8. The summed E-state index contributed by atoms with van der Waals surface area (Å²) in [5, 5.41) is 14.3. The number of nitriles is 1. The smallest absolute Gasteiger partial charge is 0.221 e. The van der Waals surface area contributed by atoms with Gasteiger partial charge in [-0.15, -0.1) is 0 Å². The first kappa shape index (κ1) is 21.7. The van der Waals surface area contributed by atoms with Gasteiger partial charge in [0.05, 0.1) is 22.0 Å². The Kier molecular flexibility index (Phi) is 6.06. The van der Waals surface area contributed by atoms with Crippen LogP contribution in [0.5, 0.6) is 0 Å². The highest BCUT2D eigenvalue weighted by Crippen LogP contribution is 2.34. The third-order valence-corrected chi connectivity index (χ3v) is 7.35. The quantitative estimate of drug-likeness (QED) is 0.583. The highest BCUT2D eigenvalue weighted by Gasteiger charge is 2.34. The van der Waals surface area contributed by atoms with Crippen molar-refractivity contribution in [3.05, 3.63) is 54.2 Å². The number of sulfone groups is 1. The van der Waals surface area contributed by atoms with Crippen molar-refractivity contribution in [2.24, 2.45) is 0 Å². The average Bonchev–Trinajstić information content (AvgIpc) is 3.27. The van der Waals surface area contributed by atoms with E-state index in [9.17, 15) is 18.5 Å². The standard InChI is InChI=1S/C23H23N5O3S/c1-15(29)25-17-10-12-18(13-11-17)32(30,31)21(14-24)22-23(26-16-6-2-3-7-16)28-20-9-5-4-8-19(20)27-22/h4-5,8-13,16,21H,2-3,6-7H2,1H3,(H,25,29)(H,26,28). The van der Waals surface area contributed by atoms with Crippen molar-refractivity contribution < 1.29 is 13.2 Å². The van der Waals surface area contributed by atoms with E-state index in [-0.39, 0.29) is 22.5 Å². The van der Waals surface area contributed by atoms with Crippen LogP contribution in [0.25, 0.3) is 11.0 Å². The maximum atomic E-state index is 13.4. The Labute approximate surface area is 186 Å². The van der Waals surface area contributed by atoms with Crippen molar-refractivity contribution in [1.29, 1.82) is 5.26 Å². The number of fused-ring (bicyclic) bond motifs is 1. The molecule has 0 saturated heterocycles. The number of rotatable bonds is 6. The van der Waals surface area contributed by atoms with Gasteiger partial charge in [0.25, 0.3) is 0 Å². The molecule has 1 unspecified atom stereocenters. The van der Waals surface area contributed by atoms with E-state index in [1.165, 1.54) is 31.2 Å². The van der Waals surface area contributed by atoms with Crippen molar-refractivity contribution in [2.75, 3.05) is 10.6 Å². The molecule has 1 aromatic heterocycles. The van der Waals surface area contributed by atoms with E-state index in [1.807, 2.05) is 18.2 Å². The van der Waals surface area contributed by atoms with Gasteiger partial charge in [-0.05, 0) is 49.2 Å². The van der Waals surface area contributed by atoms with Crippen LogP contribution in [0.15, 0.2) is 53.4 Å². The molecular formula is C23H23N5O3S. The van der Waals surface area contributed by atoms with Crippen molar-refractivity contribution >= 4 is 38.3 Å². The molecule has 4 rings (SSSR count). The van der Waals surface area contributed by atoms with Crippen LogP contribution in [0.1, 0.15) is 43.6 Å². The molecule has 0 radical (unpaired) electrons. The van der Waals surface area contributed by atoms with E-state index in [2.05, 4.69) is 20.6 Å². The molecule has 2 aromatic carbocycles. The molecular weight excluding hydrogens is 426 g/mol. The number of para-hydroxylation sites is 2. The maximum absolute atomic E-state index is 13.4. The van der Waals surface area contributed by atoms with Gasteiger partial charge in [-0.25, -0.2) is 18.4 Å². The molecule has 164 valence electrons. The third-order valence-electron chi connectivity index (χ3n) is 5.47. The average molecular weight is 450 g/mol. The van der Waals surface area contributed by atoms with Gasteiger partial charge in [0.15, 0.2) is 11.1 Å². The topological polar surface area (TPSA) is 125 Å². The number of hydrogen-bond donors (Lipinski definition) is 2. The van der Waals surface area contributed by atoms with Crippen molar-refractivity contribution in [1.82, 2.24) is 9.97 Å². The Bertz CT molecular complexity index is 1290. The Hall–Kier alpha value is -3.51. The first-order valence-electron chi connectivity index (χ1n) is 10.4. The van der Waals surface area contributed by atoms with Crippen molar-refractivity contribution in [3.63, 3.8) is 0 Å². The van der Waals surface area contributed by atoms with Crippen molar-refractivity contribution in [2.45, 2.75) is 48.8 Å². The van der Waals surface area contributed by atoms with E-state index in [1.54, 1.807) is 12.1 Å². The lowest BCUT2D eigenvalue weighted by Crippen LogP contribution is -2.21. The van der Waals surface area contributed by atoms with Crippen molar-refractivity contribution in [3.8, 4) is 6.07 Å². The molecule has 0 spiro atoms. The van der Waals surface area contributed by atoms with Crippen LogP contribution < -0.4 is 10.6 Å². The molecule has 1 aliphatic carbocycles. The van der Waals surface area contributed by atoms with E-state index >= 15 is 0 Å². The zero-order chi connectivity index (χ0) is 22.7. The Balaban J connectivity index is 1.77. The van der Waals surface area contributed by atoms with Gasteiger partial charge < -0.3 is 10.6 Å². The molecule has 1 amide bonds. The first-order chi connectivity index (χ1) is 15.4. The molecule has 1 saturated carbocycles. The van der Waals surface area contributed by atoms with Crippen LogP contribution in [0.4, 0.5) is 11.5 Å². The van der Waals surface area contributed by atoms with Gasteiger partial charge >= 0.3 is 0 Å². The zero-order valence-electron chi connectivity index (χ0n) is 17.6.